The summed E-state index contributed by atoms with van der Waals surface area (Å²) in [5.74, 6) is 1.67. The van der Waals surface area contributed by atoms with Crippen LogP contribution in [0.2, 0.25) is 0 Å². The molecule has 1 aromatic heterocycles. The molecule has 2 heterocycles. The molecule has 3 rings (SSSR count). The number of piperidine rings is 1. The van der Waals surface area contributed by atoms with Crippen LogP contribution in [0.5, 0.6) is 0 Å². The lowest BCUT2D eigenvalue weighted by Gasteiger charge is -2.29. The highest BCUT2D eigenvalue weighted by atomic mass is 79.9. The lowest BCUT2D eigenvalue weighted by atomic mass is 9.97. The van der Waals surface area contributed by atoms with Crippen LogP contribution in [0.15, 0.2) is 47.6 Å². The summed E-state index contributed by atoms with van der Waals surface area (Å²) in [6.07, 6.45) is 6.43. The second kappa shape index (κ2) is 8.89. The molecule has 2 aromatic rings. The monoisotopic (exact) mass is 428 g/mol. The van der Waals surface area contributed by atoms with E-state index in [1.807, 2.05) is 10.9 Å². The number of hydrogen-bond acceptors (Lipinski definition) is 3. The summed E-state index contributed by atoms with van der Waals surface area (Å²) in [7, 11) is 2.20. The third-order valence-corrected chi connectivity index (χ3v) is 6.17. The normalized spacial score (nSPS) is 16.5. The van der Waals surface area contributed by atoms with E-state index < -0.39 is 0 Å². The minimum atomic E-state index is 0.690. The summed E-state index contributed by atoms with van der Waals surface area (Å²) in [5.41, 5.74) is 4.46. The van der Waals surface area contributed by atoms with E-state index in [9.17, 15) is 0 Å². The highest BCUT2D eigenvalue weighted by molar-refractivity contribution is 9.10. The van der Waals surface area contributed by atoms with E-state index in [0.717, 1.165) is 28.1 Å². The number of aryl methyl sites for hydroxylation is 1. The van der Waals surface area contributed by atoms with Gasteiger partial charge in [-0.05, 0) is 91.5 Å². The molecule has 0 aliphatic carbocycles. The third kappa shape index (κ3) is 4.90. The molecule has 1 aromatic carbocycles. The fraction of sp³-hybridized carbons (Fsp3) is 0.409. The van der Waals surface area contributed by atoms with Crippen LogP contribution in [0.1, 0.15) is 29.7 Å². The fourth-order valence-electron chi connectivity index (χ4n) is 3.51. The van der Waals surface area contributed by atoms with E-state index in [0.29, 0.717) is 5.92 Å². The fourth-order valence-corrected chi connectivity index (χ4v) is 3.77. The van der Waals surface area contributed by atoms with Gasteiger partial charge in [-0.3, -0.25) is 0 Å². The van der Waals surface area contributed by atoms with Gasteiger partial charge in [-0.2, -0.15) is 5.10 Å². The molecule has 0 radical (unpaired) electrons. The molecule has 0 bridgehead atoms. The first-order chi connectivity index (χ1) is 13.0. The largest absolute Gasteiger partial charge is 0.370 e. The standard InChI is InChI=1S/C22H29BrN4/c1-16-7-5-6-8-20(16)17(2)13-22(27-18(3)21(23)15-25-27)24-14-19-9-11-26(4)12-10-19/h5-8,13,15,19,24H,2,9-12,14H2,1,3-4H3/b22-13-. The molecule has 1 N–H and O–H groups in total. The first-order valence-electron chi connectivity index (χ1n) is 9.55. The summed E-state index contributed by atoms with van der Waals surface area (Å²) >= 11 is 3.58. The summed E-state index contributed by atoms with van der Waals surface area (Å²) in [4.78, 5) is 2.40. The zero-order chi connectivity index (χ0) is 19.4. The number of nitrogens with one attached hydrogen (secondary N) is 1. The topological polar surface area (TPSA) is 33.1 Å². The van der Waals surface area contributed by atoms with Gasteiger partial charge in [0.1, 0.15) is 5.82 Å². The summed E-state index contributed by atoms with van der Waals surface area (Å²) in [5, 5.41) is 8.21. The van der Waals surface area contributed by atoms with Crippen LogP contribution in [0.4, 0.5) is 0 Å². The Labute approximate surface area is 171 Å². The number of rotatable bonds is 6. The maximum absolute atomic E-state index is 4.55. The average Bonchev–Trinajstić information content (AvgIpc) is 2.99. The maximum atomic E-state index is 4.55. The van der Waals surface area contributed by atoms with Crippen LogP contribution in [-0.2, 0) is 0 Å². The molecule has 0 spiro atoms. The van der Waals surface area contributed by atoms with E-state index in [-0.39, 0.29) is 0 Å². The average molecular weight is 429 g/mol. The number of likely N-dealkylation sites (tertiary alicyclic amines) is 1. The van der Waals surface area contributed by atoms with Crippen LogP contribution >= 0.6 is 15.9 Å². The van der Waals surface area contributed by atoms with Crippen molar-refractivity contribution in [1.82, 2.24) is 20.0 Å². The van der Waals surface area contributed by atoms with Gasteiger partial charge < -0.3 is 10.2 Å². The molecule has 144 valence electrons. The first kappa shape index (κ1) is 19.9. The van der Waals surface area contributed by atoms with E-state index in [2.05, 4.69) is 89.1 Å². The Morgan fingerprint density at radius 3 is 2.63 bits per heavy atom. The second-order valence-corrected chi connectivity index (χ2v) is 8.34. The number of benzene rings is 1. The zero-order valence-electron chi connectivity index (χ0n) is 16.5. The predicted molar refractivity (Wildman–Crippen MR) is 117 cm³/mol. The van der Waals surface area contributed by atoms with Crippen molar-refractivity contribution < 1.29 is 0 Å². The molecule has 1 saturated heterocycles. The van der Waals surface area contributed by atoms with E-state index in [1.54, 1.807) is 0 Å². The van der Waals surface area contributed by atoms with Gasteiger partial charge in [-0.15, -0.1) is 0 Å². The minimum Gasteiger partial charge on any atom is -0.370 e. The molecule has 27 heavy (non-hydrogen) atoms. The van der Waals surface area contributed by atoms with E-state index in [1.165, 1.54) is 37.1 Å². The number of nitrogens with zero attached hydrogens (tertiary/aromatic N) is 3. The van der Waals surface area contributed by atoms with Gasteiger partial charge in [0.15, 0.2) is 0 Å². The van der Waals surface area contributed by atoms with Gasteiger partial charge in [0.2, 0.25) is 0 Å². The van der Waals surface area contributed by atoms with Crippen LogP contribution < -0.4 is 5.32 Å². The molecule has 1 aliphatic heterocycles. The van der Waals surface area contributed by atoms with Gasteiger partial charge in [0.25, 0.3) is 0 Å². The zero-order valence-corrected chi connectivity index (χ0v) is 18.1. The molecular formula is C22H29BrN4. The third-order valence-electron chi connectivity index (χ3n) is 5.39. The van der Waals surface area contributed by atoms with Crippen molar-refractivity contribution >= 4 is 27.3 Å². The van der Waals surface area contributed by atoms with Gasteiger partial charge in [0, 0.05) is 6.54 Å². The van der Waals surface area contributed by atoms with Crippen molar-refractivity contribution in [2.75, 3.05) is 26.7 Å². The van der Waals surface area contributed by atoms with E-state index in [4.69, 9.17) is 0 Å². The number of hydrogen-bond donors (Lipinski definition) is 1. The van der Waals surface area contributed by atoms with Crippen LogP contribution in [0.25, 0.3) is 11.4 Å². The summed E-state index contributed by atoms with van der Waals surface area (Å²) in [6.45, 7) is 11.8. The molecule has 1 fully saturated rings. The quantitative estimate of drug-likeness (QED) is 0.676. The highest BCUT2D eigenvalue weighted by Gasteiger charge is 2.18. The van der Waals surface area contributed by atoms with Crippen LogP contribution in [-0.4, -0.2) is 41.4 Å². The Kier molecular flexibility index (Phi) is 6.55. The molecule has 0 atom stereocenters. The van der Waals surface area contributed by atoms with Crippen molar-refractivity contribution in [3.05, 3.63) is 64.4 Å². The lowest BCUT2D eigenvalue weighted by molar-refractivity contribution is 0.219. The van der Waals surface area contributed by atoms with Gasteiger partial charge in [-0.25, -0.2) is 4.68 Å². The van der Waals surface area contributed by atoms with Gasteiger partial charge >= 0.3 is 0 Å². The molecular weight excluding hydrogens is 400 g/mol. The van der Waals surface area contributed by atoms with Crippen molar-refractivity contribution in [2.24, 2.45) is 5.92 Å². The Morgan fingerprint density at radius 1 is 1.30 bits per heavy atom. The molecule has 0 unspecified atom stereocenters. The van der Waals surface area contributed by atoms with Gasteiger partial charge in [0.05, 0.1) is 16.4 Å². The molecule has 5 heteroatoms. The van der Waals surface area contributed by atoms with E-state index >= 15 is 0 Å². The maximum Gasteiger partial charge on any atom is 0.128 e. The van der Waals surface area contributed by atoms with Gasteiger partial charge in [-0.1, -0.05) is 30.8 Å². The Morgan fingerprint density at radius 2 is 2.00 bits per heavy atom. The number of allylic oxidation sites excluding steroid dienone is 2. The Bertz CT molecular complexity index is 829. The van der Waals surface area contributed by atoms with Crippen molar-refractivity contribution in [3.8, 4) is 0 Å². The van der Waals surface area contributed by atoms with Crippen molar-refractivity contribution in [2.45, 2.75) is 26.7 Å². The number of halogens is 1. The molecule has 0 saturated carbocycles. The van der Waals surface area contributed by atoms with Crippen molar-refractivity contribution in [1.29, 1.82) is 0 Å². The Balaban J connectivity index is 1.82. The predicted octanol–water partition coefficient (Wildman–Crippen LogP) is 4.71. The molecule has 0 amide bonds. The van der Waals surface area contributed by atoms with Crippen LogP contribution in [0.3, 0.4) is 0 Å². The second-order valence-electron chi connectivity index (χ2n) is 7.49. The smallest absolute Gasteiger partial charge is 0.128 e. The lowest BCUT2D eigenvalue weighted by Crippen LogP contribution is -2.35. The van der Waals surface area contributed by atoms with Crippen LogP contribution in [0, 0.1) is 19.8 Å². The molecule has 1 aliphatic rings. The molecule has 4 nitrogen and oxygen atoms in total. The number of aromatic nitrogens is 2. The highest BCUT2D eigenvalue weighted by Crippen LogP contribution is 2.23. The summed E-state index contributed by atoms with van der Waals surface area (Å²) in [6, 6.07) is 8.36. The van der Waals surface area contributed by atoms with Crippen molar-refractivity contribution in [3.63, 3.8) is 0 Å². The Hall–Kier alpha value is -1.85. The summed E-state index contributed by atoms with van der Waals surface area (Å²) < 4.78 is 2.97. The SMILES string of the molecule is C=C(/C=C(/NCC1CCN(C)CC1)n1ncc(Br)c1C)c1ccccc1C. The first-order valence-corrected chi connectivity index (χ1v) is 10.3. The minimum absolute atomic E-state index is 0.690.